The number of aliphatic hydroxyl groups is 2. The van der Waals surface area contributed by atoms with E-state index >= 15 is 0 Å². The van der Waals surface area contributed by atoms with Gasteiger partial charge in [-0.25, -0.2) is 19.7 Å². The van der Waals surface area contributed by atoms with Crippen molar-refractivity contribution in [1.82, 2.24) is 24.2 Å². The van der Waals surface area contributed by atoms with Crippen LogP contribution in [0.1, 0.15) is 19.6 Å². The fourth-order valence-electron chi connectivity index (χ4n) is 2.55. The minimum absolute atomic E-state index is 0.0510. The monoisotopic (exact) mass is 402 g/mol. The van der Waals surface area contributed by atoms with Crippen molar-refractivity contribution < 1.29 is 32.3 Å². The SMILES string of the molecule is CCC(=O)NS(=O)(=O)OCC1OC(n2cnc3c(N)ncnc32)[C@H](O)[C@@H]1O. The smallest absolute Gasteiger partial charge is 0.362 e. The molecule has 5 N–H and O–H groups in total. The Balaban J connectivity index is 1.74. The topological polar surface area (TPSA) is 192 Å². The first-order chi connectivity index (χ1) is 12.7. The highest BCUT2D eigenvalue weighted by Crippen LogP contribution is 2.32. The third-order valence-corrected chi connectivity index (χ3v) is 4.87. The zero-order valence-electron chi connectivity index (χ0n) is 14.1. The summed E-state index contributed by atoms with van der Waals surface area (Å²) in [5.41, 5.74) is 6.25. The van der Waals surface area contributed by atoms with Crippen molar-refractivity contribution in [2.75, 3.05) is 12.3 Å². The zero-order valence-corrected chi connectivity index (χ0v) is 14.9. The number of aromatic nitrogens is 4. The molecule has 0 spiro atoms. The molecule has 1 saturated heterocycles. The summed E-state index contributed by atoms with van der Waals surface area (Å²) in [6, 6.07) is 0. The maximum Gasteiger partial charge on any atom is 0.362 e. The van der Waals surface area contributed by atoms with Gasteiger partial charge in [0, 0.05) is 6.42 Å². The van der Waals surface area contributed by atoms with Crippen LogP contribution in [0.4, 0.5) is 5.82 Å². The molecule has 13 nitrogen and oxygen atoms in total. The van der Waals surface area contributed by atoms with Crippen molar-refractivity contribution in [2.24, 2.45) is 0 Å². The first-order valence-corrected chi connectivity index (χ1v) is 9.29. The van der Waals surface area contributed by atoms with E-state index in [4.69, 9.17) is 10.5 Å². The first-order valence-electron chi connectivity index (χ1n) is 7.88. The number of carbonyl (C=O) groups is 1. The number of nitrogens with zero attached hydrogens (tertiary/aromatic N) is 4. The second-order valence-corrected chi connectivity index (χ2v) is 7.09. The van der Waals surface area contributed by atoms with Crippen LogP contribution in [0.3, 0.4) is 0 Å². The standard InChI is InChI=1S/C13H18N6O7S/c1-2-7(20)18-27(23,24)25-3-6-9(21)10(22)13(26-6)19-5-17-8-11(14)15-4-16-12(8)19/h4-6,9-10,13,21-22H,2-3H2,1H3,(H,18,20)(H2,14,15,16)/t6?,9-,10-,13?/m1/s1. The van der Waals surface area contributed by atoms with Crippen molar-refractivity contribution in [2.45, 2.75) is 37.9 Å². The highest BCUT2D eigenvalue weighted by atomic mass is 32.2. The highest BCUT2D eigenvalue weighted by molar-refractivity contribution is 7.85. The third-order valence-electron chi connectivity index (χ3n) is 3.95. The molecule has 0 saturated carbocycles. The van der Waals surface area contributed by atoms with Gasteiger partial charge in [-0.2, -0.15) is 8.42 Å². The summed E-state index contributed by atoms with van der Waals surface area (Å²) in [4.78, 5) is 23.0. The molecule has 1 aliphatic heterocycles. The van der Waals surface area contributed by atoms with Crippen LogP contribution >= 0.6 is 0 Å². The van der Waals surface area contributed by atoms with E-state index in [2.05, 4.69) is 19.1 Å². The quantitative estimate of drug-likeness (QED) is 0.410. The van der Waals surface area contributed by atoms with E-state index in [0.717, 1.165) is 0 Å². The summed E-state index contributed by atoms with van der Waals surface area (Å²) in [6.07, 6.45) is -2.71. The van der Waals surface area contributed by atoms with Crippen molar-refractivity contribution in [3.63, 3.8) is 0 Å². The fourth-order valence-corrected chi connectivity index (χ4v) is 3.35. The van der Waals surface area contributed by atoms with E-state index in [0.29, 0.717) is 0 Å². The lowest BCUT2D eigenvalue weighted by Gasteiger charge is -2.16. The molecule has 148 valence electrons. The number of nitrogens with two attached hydrogens (primary N) is 1. The van der Waals surface area contributed by atoms with Crippen LogP contribution in [-0.2, 0) is 24.0 Å². The Bertz CT molecular complexity index is 948. The lowest BCUT2D eigenvalue weighted by Crippen LogP contribution is -2.37. The van der Waals surface area contributed by atoms with Gasteiger partial charge in [0.2, 0.25) is 5.91 Å². The molecular formula is C13H18N6O7S. The molecule has 2 aromatic rings. The van der Waals surface area contributed by atoms with Crippen LogP contribution in [-0.4, -0.2) is 69.0 Å². The Morgan fingerprint density at radius 2 is 2.11 bits per heavy atom. The van der Waals surface area contributed by atoms with Crippen LogP contribution < -0.4 is 10.5 Å². The minimum atomic E-state index is -4.36. The molecule has 0 bridgehead atoms. The fraction of sp³-hybridized carbons (Fsp3) is 0.538. The van der Waals surface area contributed by atoms with E-state index < -0.39 is 47.4 Å². The van der Waals surface area contributed by atoms with Crippen LogP contribution in [0, 0.1) is 0 Å². The van der Waals surface area contributed by atoms with Crippen LogP contribution in [0.2, 0.25) is 0 Å². The molecule has 3 heterocycles. The number of rotatable bonds is 6. The summed E-state index contributed by atoms with van der Waals surface area (Å²) in [6.45, 7) is 0.853. The predicted octanol–water partition coefficient (Wildman–Crippen LogP) is -2.18. The van der Waals surface area contributed by atoms with E-state index in [-0.39, 0.29) is 23.4 Å². The van der Waals surface area contributed by atoms with Gasteiger partial charge in [0.1, 0.15) is 30.2 Å². The maximum absolute atomic E-state index is 11.7. The number of imidazole rings is 1. The van der Waals surface area contributed by atoms with Gasteiger partial charge in [0.15, 0.2) is 17.7 Å². The summed E-state index contributed by atoms with van der Waals surface area (Å²) >= 11 is 0. The zero-order chi connectivity index (χ0) is 19.8. The van der Waals surface area contributed by atoms with Gasteiger partial charge < -0.3 is 20.7 Å². The van der Waals surface area contributed by atoms with E-state index in [1.807, 2.05) is 0 Å². The lowest BCUT2D eigenvalue weighted by molar-refractivity contribution is -0.119. The number of fused-ring (bicyclic) bond motifs is 1. The highest BCUT2D eigenvalue weighted by Gasteiger charge is 2.45. The number of hydrogen-bond donors (Lipinski definition) is 4. The molecule has 1 amide bonds. The van der Waals surface area contributed by atoms with Gasteiger partial charge in [0.25, 0.3) is 0 Å². The van der Waals surface area contributed by atoms with Gasteiger partial charge in [-0.1, -0.05) is 6.92 Å². The average molecular weight is 402 g/mol. The Kier molecular flexibility index (Phi) is 5.25. The number of carbonyl (C=O) groups excluding carboxylic acids is 1. The summed E-state index contributed by atoms with van der Waals surface area (Å²) < 4.78 is 36.5. The second kappa shape index (κ2) is 7.32. The van der Waals surface area contributed by atoms with Gasteiger partial charge in [-0.15, -0.1) is 0 Å². The summed E-state index contributed by atoms with van der Waals surface area (Å²) in [7, 11) is -4.36. The average Bonchev–Trinajstić information content (AvgIpc) is 3.16. The molecular weight excluding hydrogens is 384 g/mol. The Hall–Kier alpha value is -2.39. The molecule has 27 heavy (non-hydrogen) atoms. The molecule has 2 aromatic heterocycles. The van der Waals surface area contributed by atoms with E-state index in [1.165, 1.54) is 24.1 Å². The number of anilines is 1. The number of ether oxygens (including phenoxy) is 1. The second-order valence-electron chi connectivity index (χ2n) is 5.75. The number of nitrogen functional groups attached to an aromatic ring is 1. The van der Waals surface area contributed by atoms with Crippen molar-refractivity contribution in [3.05, 3.63) is 12.7 Å². The maximum atomic E-state index is 11.7. The van der Waals surface area contributed by atoms with Gasteiger partial charge in [0.05, 0.1) is 12.9 Å². The molecule has 3 rings (SSSR count). The van der Waals surface area contributed by atoms with Gasteiger partial charge in [-0.05, 0) is 0 Å². The number of hydrogen-bond acceptors (Lipinski definition) is 11. The normalized spacial score (nSPS) is 25.7. The van der Waals surface area contributed by atoms with Crippen molar-refractivity contribution in [1.29, 1.82) is 0 Å². The Morgan fingerprint density at radius 3 is 2.81 bits per heavy atom. The predicted molar refractivity (Wildman–Crippen MR) is 89.0 cm³/mol. The molecule has 0 aromatic carbocycles. The van der Waals surface area contributed by atoms with Gasteiger partial charge in [-0.3, -0.25) is 13.5 Å². The minimum Gasteiger partial charge on any atom is -0.387 e. The Labute approximate surface area is 153 Å². The molecule has 14 heteroatoms. The van der Waals surface area contributed by atoms with E-state index in [1.54, 1.807) is 4.72 Å². The first kappa shape index (κ1) is 19.4. The molecule has 0 aliphatic carbocycles. The largest absolute Gasteiger partial charge is 0.387 e. The van der Waals surface area contributed by atoms with Crippen molar-refractivity contribution in [3.8, 4) is 0 Å². The van der Waals surface area contributed by atoms with Crippen molar-refractivity contribution >= 4 is 33.2 Å². The van der Waals surface area contributed by atoms with Crippen LogP contribution in [0.15, 0.2) is 12.7 Å². The Morgan fingerprint density at radius 1 is 1.37 bits per heavy atom. The summed E-state index contributed by atoms with van der Waals surface area (Å²) in [5, 5.41) is 20.4. The third kappa shape index (κ3) is 3.84. The molecule has 1 aliphatic rings. The molecule has 0 radical (unpaired) electrons. The van der Waals surface area contributed by atoms with Crippen LogP contribution in [0.25, 0.3) is 11.2 Å². The summed E-state index contributed by atoms with van der Waals surface area (Å²) in [5.74, 6) is -0.618. The van der Waals surface area contributed by atoms with Gasteiger partial charge >= 0.3 is 10.3 Å². The lowest BCUT2D eigenvalue weighted by atomic mass is 10.1. The number of amides is 1. The molecule has 2 unspecified atom stereocenters. The van der Waals surface area contributed by atoms with Crippen LogP contribution in [0.5, 0.6) is 0 Å². The molecule has 1 fully saturated rings. The van der Waals surface area contributed by atoms with E-state index in [9.17, 15) is 23.4 Å². The molecule has 4 atom stereocenters. The number of nitrogens with one attached hydrogen (secondary N) is 1. The number of aliphatic hydroxyl groups excluding tert-OH is 2.